The molecule has 0 saturated carbocycles. The minimum absolute atomic E-state index is 0.560. The zero-order valence-electron chi connectivity index (χ0n) is 19.4. The molecule has 2 aromatic rings. The summed E-state index contributed by atoms with van der Waals surface area (Å²) in [5, 5.41) is 6.60. The molecular weight excluding hydrogens is 392 g/mol. The van der Waals surface area contributed by atoms with E-state index in [1.807, 2.05) is 44.2 Å². The fraction of sp³-hybridized carbons (Fsp3) is 0.458. The van der Waals surface area contributed by atoms with Gasteiger partial charge in [0.2, 0.25) is 0 Å². The molecule has 0 amide bonds. The summed E-state index contributed by atoms with van der Waals surface area (Å²) in [5.74, 6) is 3.00. The third kappa shape index (κ3) is 8.76. The fourth-order valence-electron chi connectivity index (χ4n) is 2.90. The third-order valence-corrected chi connectivity index (χ3v) is 4.43. The van der Waals surface area contributed by atoms with Crippen LogP contribution in [0.4, 0.5) is 5.69 Å². The molecule has 0 unspecified atom stereocenters. The zero-order chi connectivity index (χ0) is 22.5. The summed E-state index contributed by atoms with van der Waals surface area (Å²) in [7, 11) is 5.77. The Labute approximate surface area is 186 Å². The Morgan fingerprint density at radius 3 is 2.42 bits per heavy atom. The first-order valence-electron chi connectivity index (χ1n) is 10.8. The summed E-state index contributed by atoms with van der Waals surface area (Å²) in [6.45, 7) is 7.63. The fourth-order valence-corrected chi connectivity index (χ4v) is 2.90. The van der Waals surface area contributed by atoms with Crippen LogP contribution >= 0.6 is 0 Å². The predicted octanol–water partition coefficient (Wildman–Crippen LogP) is 4.00. The van der Waals surface area contributed by atoms with Gasteiger partial charge in [0, 0.05) is 24.8 Å². The van der Waals surface area contributed by atoms with Crippen LogP contribution in [0.2, 0.25) is 0 Å². The van der Waals surface area contributed by atoms with E-state index in [4.69, 9.17) is 19.2 Å². The van der Waals surface area contributed by atoms with Gasteiger partial charge in [-0.1, -0.05) is 12.1 Å². The van der Waals surface area contributed by atoms with Gasteiger partial charge in [0.1, 0.15) is 5.75 Å². The Balaban J connectivity index is 1.97. The Morgan fingerprint density at radius 1 is 1.00 bits per heavy atom. The molecule has 0 saturated heterocycles. The van der Waals surface area contributed by atoms with E-state index < -0.39 is 0 Å². The minimum Gasteiger partial charge on any atom is -0.494 e. The van der Waals surface area contributed by atoms with E-state index in [-0.39, 0.29) is 0 Å². The van der Waals surface area contributed by atoms with Crippen molar-refractivity contribution in [3.8, 4) is 17.2 Å². The van der Waals surface area contributed by atoms with Crippen molar-refractivity contribution in [2.24, 2.45) is 4.99 Å². The molecule has 0 bridgehead atoms. The molecule has 0 fully saturated rings. The second kappa shape index (κ2) is 13.4. The number of nitrogens with one attached hydrogen (secondary N) is 2. The SMILES string of the molecule is CCNC(=NCc1ccc(OCCCN(C)C)cc1)Nc1ccc(OC)c(OCC)c1. The normalized spacial score (nSPS) is 11.4. The molecule has 7 heteroatoms. The van der Waals surface area contributed by atoms with Gasteiger partial charge in [-0.15, -0.1) is 0 Å². The van der Waals surface area contributed by atoms with Crippen molar-refractivity contribution in [2.75, 3.05) is 52.8 Å². The molecule has 0 spiro atoms. The summed E-state index contributed by atoms with van der Waals surface area (Å²) in [6.07, 6.45) is 1.01. The maximum absolute atomic E-state index is 5.80. The van der Waals surface area contributed by atoms with Crippen LogP contribution in [0, 0.1) is 0 Å². The molecule has 170 valence electrons. The molecule has 0 aliphatic carbocycles. The van der Waals surface area contributed by atoms with Crippen molar-refractivity contribution in [1.29, 1.82) is 0 Å². The summed E-state index contributed by atoms with van der Waals surface area (Å²) in [6, 6.07) is 13.8. The van der Waals surface area contributed by atoms with E-state index in [1.165, 1.54) is 0 Å². The van der Waals surface area contributed by atoms with Crippen molar-refractivity contribution in [1.82, 2.24) is 10.2 Å². The van der Waals surface area contributed by atoms with Gasteiger partial charge in [-0.05, 0) is 64.2 Å². The molecule has 0 heterocycles. The van der Waals surface area contributed by atoms with E-state index in [0.717, 1.165) is 43.1 Å². The molecule has 0 atom stereocenters. The Bertz CT molecular complexity index is 807. The maximum atomic E-state index is 5.80. The van der Waals surface area contributed by atoms with Gasteiger partial charge in [0.05, 0.1) is 26.9 Å². The molecule has 2 N–H and O–H groups in total. The quantitative estimate of drug-likeness (QED) is 0.303. The highest BCUT2D eigenvalue weighted by Crippen LogP contribution is 2.30. The number of hydrogen-bond acceptors (Lipinski definition) is 5. The van der Waals surface area contributed by atoms with Gasteiger partial charge in [0.25, 0.3) is 0 Å². The van der Waals surface area contributed by atoms with Crippen molar-refractivity contribution in [3.63, 3.8) is 0 Å². The van der Waals surface area contributed by atoms with Crippen molar-refractivity contribution in [2.45, 2.75) is 26.8 Å². The van der Waals surface area contributed by atoms with Crippen LogP contribution in [-0.2, 0) is 6.54 Å². The number of hydrogen-bond donors (Lipinski definition) is 2. The van der Waals surface area contributed by atoms with E-state index in [1.54, 1.807) is 7.11 Å². The first-order chi connectivity index (χ1) is 15.0. The van der Waals surface area contributed by atoms with Crippen molar-refractivity contribution in [3.05, 3.63) is 48.0 Å². The minimum atomic E-state index is 0.560. The van der Waals surface area contributed by atoms with Gasteiger partial charge < -0.3 is 29.7 Å². The van der Waals surface area contributed by atoms with Gasteiger partial charge in [0.15, 0.2) is 17.5 Å². The highest BCUT2D eigenvalue weighted by molar-refractivity contribution is 5.93. The molecule has 2 rings (SSSR count). The lowest BCUT2D eigenvalue weighted by atomic mass is 10.2. The average molecular weight is 429 g/mol. The molecule has 2 aromatic carbocycles. The van der Waals surface area contributed by atoms with Crippen molar-refractivity contribution < 1.29 is 14.2 Å². The number of anilines is 1. The van der Waals surface area contributed by atoms with Crippen LogP contribution in [0.25, 0.3) is 0 Å². The van der Waals surface area contributed by atoms with Crippen LogP contribution in [0.5, 0.6) is 17.2 Å². The Hall–Kier alpha value is -2.93. The molecule has 0 aromatic heterocycles. The number of aliphatic imine (C=N–C) groups is 1. The molecule has 0 aliphatic rings. The molecule has 0 radical (unpaired) electrons. The van der Waals surface area contributed by atoms with Gasteiger partial charge in [-0.3, -0.25) is 0 Å². The largest absolute Gasteiger partial charge is 0.494 e. The Kier molecular flexibility index (Phi) is 10.5. The molecular formula is C24H36N4O3. The van der Waals surface area contributed by atoms with Crippen LogP contribution in [0.1, 0.15) is 25.8 Å². The van der Waals surface area contributed by atoms with Gasteiger partial charge in [-0.2, -0.15) is 0 Å². The second-order valence-corrected chi connectivity index (χ2v) is 7.27. The van der Waals surface area contributed by atoms with E-state index in [9.17, 15) is 0 Å². The first-order valence-corrected chi connectivity index (χ1v) is 10.8. The number of methoxy groups -OCH3 is 1. The first kappa shape index (κ1) is 24.3. The van der Waals surface area contributed by atoms with Crippen molar-refractivity contribution >= 4 is 11.6 Å². The van der Waals surface area contributed by atoms with E-state index in [2.05, 4.69) is 41.8 Å². The van der Waals surface area contributed by atoms with Gasteiger partial charge >= 0.3 is 0 Å². The smallest absolute Gasteiger partial charge is 0.196 e. The van der Waals surface area contributed by atoms with E-state index >= 15 is 0 Å². The number of benzene rings is 2. The number of rotatable bonds is 12. The summed E-state index contributed by atoms with van der Waals surface area (Å²) in [5.41, 5.74) is 1.99. The van der Waals surface area contributed by atoms with Gasteiger partial charge in [-0.25, -0.2) is 4.99 Å². The number of ether oxygens (including phenoxy) is 3. The lowest BCUT2D eigenvalue weighted by Crippen LogP contribution is -2.30. The van der Waals surface area contributed by atoms with Crippen LogP contribution in [0.3, 0.4) is 0 Å². The molecule has 0 aliphatic heterocycles. The maximum Gasteiger partial charge on any atom is 0.196 e. The van der Waals surface area contributed by atoms with Crippen LogP contribution < -0.4 is 24.8 Å². The third-order valence-electron chi connectivity index (χ3n) is 4.43. The number of guanidine groups is 1. The van der Waals surface area contributed by atoms with Crippen LogP contribution in [0.15, 0.2) is 47.5 Å². The molecule has 7 nitrogen and oxygen atoms in total. The lowest BCUT2D eigenvalue weighted by molar-refractivity contribution is 0.281. The lowest BCUT2D eigenvalue weighted by Gasteiger charge is -2.14. The number of nitrogens with zero attached hydrogens (tertiary/aromatic N) is 2. The second-order valence-electron chi connectivity index (χ2n) is 7.27. The van der Waals surface area contributed by atoms with Crippen LogP contribution in [-0.4, -0.2) is 58.4 Å². The predicted molar refractivity (Wildman–Crippen MR) is 128 cm³/mol. The topological polar surface area (TPSA) is 67.4 Å². The average Bonchev–Trinajstić information content (AvgIpc) is 2.76. The standard InChI is InChI=1S/C24H36N4O3/c1-6-25-24(27-20-11-14-22(29-5)23(17-20)30-7-2)26-18-19-9-12-21(13-10-19)31-16-8-15-28(3)4/h9-14,17H,6-8,15-16,18H2,1-5H3,(H2,25,26,27). The monoisotopic (exact) mass is 428 g/mol. The zero-order valence-corrected chi connectivity index (χ0v) is 19.4. The highest BCUT2D eigenvalue weighted by atomic mass is 16.5. The summed E-state index contributed by atoms with van der Waals surface area (Å²) in [4.78, 5) is 6.85. The van der Waals surface area contributed by atoms with E-state index in [0.29, 0.717) is 30.6 Å². The molecule has 31 heavy (non-hydrogen) atoms. The highest BCUT2D eigenvalue weighted by Gasteiger charge is 2.07. The summed E-state index contributed by atoms with van der Waals surface area (Å²) >= 11 is 0. The Morgan fingerprint density at radius 2 is 1.77 bits per heavy atom. The summed E-state index contributed by atoms with van der Waals surface area (Å²) < 4.78 is 16.8.